The smallest absolute Gasteiger partial charge is 0.318 e. The molecule has 10 heteroatoms. The molecule has 0 aliphatic carbocycles. The van der Waals surface area contributed by atoms with Crippen LogP contribution in [0.2, 0.25) is 0 Å². The number of ether oxygens (including phenoxy) is 2. The molecule has 0 saturated carbocycles. The maximum absolute atomic E-state index is 12.6. The van der Waals surface area contributed by atoms with E-state index in [4.69, 9.17) is 19.4 Å². The van der Waals surface area contributed by atoms with E-state index in [1.165, 1.54) is 22.5 Å². The molecule has 2 fully saturated rings. The topological polar surface area (TPSA) is 98.1 Å². The van der Waals surface area contributed by atoms with Crippen LogP contribution in [0.5, 0.6) is 6.01 Å². The summed E-state index contributed by atoms with van der Waals surface area (Å²) in [6, 6.07) is 17.2. The van der Waals surface area contributed by atoms with Gasteiger partial charge >= 0.3 is 6.01 Å². The average molecular weight is 596 g/mol. The molecule has 6 rings (SSSR count). The Labute approximate surface area is 259 Å². The molecule has 4 heterocycles. The van der Waals surface area contributed by atoms with E-state index in [9.17, 15) is 10.1 Å². The summed E-state index contributed by atoms with van der Waals surface area (Å²) >= 11 is 0. The Kier molecular flexibility index (Phi) is 8.43. The number of carbonyl (C=O) groups excluding carboxylic acids is 1. The summed E-state index contributed by atoms with van der Waals surface area (Å²) in [5.74, 6) is 0.684. The first-order valence-electron chi connectivity index (χ1n) is 15.4. The molecule has 1 amide bonds. The molecule has 44 heavy (non-hydrogen) atoms. The highest BCUT2D eigenvalue weighted by Crippen LogP contribution is 2.35. The van der Waals surface area contributed by atoms with E-state index < -0.39 is 0 Å². The van der Waals surface area contributed by atoms with E-state index in [0.29, 0.717) is 45.4 Å². The van der Waals surface area contributed by atoms with Gasteiger partial charge in [0.1, 0.15) is 18.5 Å². The number of benzene rings is 2. The highest BCUT2D eigenvalue weighted by atomic mass is 16.5. The summed E-state index contributed by atoms with van der Waals surface area (Å²) in [5, 5.41) is 12.0. The Morgan fingerprint density at radius 1 is 1.14 bits per heavy atom. The van der Waals surface area contributed by atoms with E-state index in [1.807, 2.05) is 0 Å². The number of carbonyl (C=O) groups is 1. The largest absolute Gasteiger partial charge is 0.461 e. The zero-order valence-electron chi connectivity index (χ0n) is 25.9. The van der Waals surface area contributed by atoms with Crippen molar-refractivity contribution in [3.63, 3.8) is 0 Å². The van der Waals surface area contributed by atoms with Gasteiger partial charge in [0.25, 0.3) is 0 Å². The maximum atomic E-state index is 12.6. The van der Waals surface area contributed by atoms with Gasteiger partial charge in [-0.1, -0.05) is 43.0 Å². The lowest BCUT2D eigenvalue weighted by Gasteiger charge is -2.43. The van der Waals surface area contributed by atoms with Crippen molar-refractivity contribution in [3.05, 3.63) is 66.4 Å². The Bertz CT molecular complexity index is 1580. The van der Waals surface area contributed by atoms with E-state index >= 15 is 0 Å². The van der Waals surface area contributed by atoms with Gasteiger partial charge in [0.2, 0.25) is 5.91 Å². The fourth-order valence-corrected chi connectivity index (χ4v) is 6.45. The predicted molar refractivity (Wildman–Crippen MR) is 171 cm³/mol. The minimum absolute atomic E-state index is 0.0217. The second-order valence-electron chi connectivity index (χ2n) is 12.6. The van der Waals surface area contributed by atoms with Crippen molar-refractivity contribution in [1.29, 1.82) is 5.26 Å². The first kappa shape index (κ1) is 29.9. The number of likely N-dealkylation sites (N-methyl/N-ethyl adjacent to an activating group) is 1. The van der Waals surface area contributed by atoms with Crippen LogP contribution in [-0.4, -0.2) is 96.3 Å². The summed E-state index contributed by atoms with van der Waals surface area (Å²) < 4.78 is 12.4. The molecular weight excluding hydrogens is 554 g/mol. The minimum atomic E-state index is -0.250. The number of morpholine rings is 1. The summed E-state index contributed by atoms with van der Waals surface area (Å²) in [6.07, 6.45) is 2.25. The van der Waals surface area contributed by atoms with Crippen LogP contribution in [0.25, 0.3) is 10.8 Å². The van der Waals surface area contributed by atoms with Crippen LogP contribution in [0.4, 0.5) is 11.5 Å². The molecular formula is C34H41N7O3. The fourth-order valence-electron chi connectivity index (χ4n) is 6.45. The lowest BCUT2D eigenvalue weighted by molar-refractivity contribution is -0.128. The molecule has 0 radical (unpaired) electrons. The number of nitrogens with zero attached hydrogens (tertiary/aromatic N) is 7. The average Bonchev–Trinajstić information content (AvgIpc) is 3.04. The highest BCUT2D eigenvalue weighted by molar-refractivity contribution is 5.94. The van der Waals surface area contributed by atoms with Crippen molar-refractivity contribution in [2.45, 2.75) is 50.9 Å². The maximum Gasteiger partial charge on any atom is 0.318 e. The van der Waals surface area contributed by atoms with E-state index in [1.54, 1.807) is 4.90 Å². The third-order valence-electron chi connectivity index (χ3n) is 9.28. The number of anilines is 2. The number of rotatable bonds is 7. The van der Waals surface area contributed by atoms with Gasteiger partial charge < -0.3 is 24.2 Å². The quantitative estimate of drug-likeness (QED) is 0.378. The molecule has 0 spiro atoms. The summed E-state index contributed by atoms with van der Waals surface area (Å²) in [5.41, 5.74) is 3.20. The molecule has 2 saturated heterocycles. The lowest BCUT2D eigenvalue weighted by atomic mass is 10.0. The number of hydrogen-bond acceptors (Lipinski definition) is 9. The number of nitriles is 1. The van der Waals surface area contributed by atoms with Crippen molar-refractivity contribution in [1.82, 2.24) is 19.8 Å². The van der Waals surface area contributed by atoms with Crippen LogP contribution in [0.3, 0.4) is 0 Å². The van der Waals surface area contributed by atoms with Gasteiger partial charge in [0.15, 0.2) is 0 Å². The number of amides is 1. The summed E-state index contributed by atoms with van der Waals surface area (Å²) in [7, 11) is 2.11. The van der Waals surface area contributed by atoms with E-state index in [-0.39, 0.29) is 30.0 Å². The zero-order valence-corrected chi connectivity index (χ0v) is 25.9. The second-order valence-corrected chi connectivity index (χ2v) is 12.6. The van der Waals surface area contributed by atoms with Crippen LogP contribution < -0.4 is 14.5 Å². The van der Waals surface area contributed by atoms with Crippen molar-refractivity contribution >= 4 is 28.2 Å². The molecule has 2 atom stereocenters. The first-order chi connectivity index (χ1) is 21.3. The van der Waals surface area contributed by atoms with E-state index in [2.05, 4.69) is 90.7 Å². The van der Waals surface area contributed by atoms with Crippen molar-refractivity contribution in [2.24, 2.45) is 0 Å². The SMILES string of the molecule is C=CC(=O)N1CCN(c2nc(OCC3CN(C)C(C)(C)CO3)nc3c2CCN(c2cccc4ccccc24)C3)CC1CC#N. The highest BCUT2D eigenvalue weighted by Gasteiger charge is 2.35. The van der Waals surface area contributed by atoms with Gasteiger partial charge in [0.05, 0.1) is 37.4 Å². The monoisotopic (exact) mass is 595 g/mol. The van der Waals surface area contributed by atoms with Crippen LogP contribution in [0.15, 0.2) is 55.1 Å². The molecule has 2 aromatic carbocycles. The first-order valence-corrected chi connectivity index (χ1v) is 15.4. The van der Waals surface area contributed by atoms with Crippen LogP contribution in [0.1, 0.15) is 31.5 Å². The second kappa shape index (κ2) is 12.4. The number of aromatic nitrogens is 2. The number of hydrogen-bond donors (Lipinski definition) is 0. The number of fused-ring (bicyclic) bond motifs is 2. The summed E-state index contributed by atoms with van der Waals surface area (Å²) in [6.45, 7) is 12.8. The van der Waals surface area contributed by atoms with Gasteiger partial charge in [-0.3, -0.25) is 9.69 Å². The molecule has 10 nitrogen and oxygen atoms in total. The Balaban J connectivity index is 1.30. The van der Waals surface area contributed by atoms with Gasteiger partial charge in [0, 0.05) is 54.9 Å². The third-order valence-corrected chi connectivity index (χ3v) is 9.28. The molecule has 2 unspecified atom stereocenters. The van der Waals surface area contributed by atoms with Crippen molar-refractivity contribution in [2.75, 3.05) is 62.8 Å². The Morgan fingerprint density at radius 2 is 1.95 bits per heavy atom. The fraction of sp³-hybridized carbons (Fsp3) is 0.471. The Hall–Kier alpha value is -4.20. The van der Waals surface area contributed by atoms with Crippen molar-refractivity contribution in [3.8, 4) is 12.1 Å². The zero-order chi connectivity index (χ0) is 30.8. The van der Waals surface area contributed by atoms with Crippen LogP contribution in [0, 0.1) is 11.3 Å². The Morgan fingerprint density at radius 3 is 2.75 bits per heavy atom. The normalized spacial score (nSPS) is 21.9. The molecule has 3 aliphatic heterocycles. The van der Waals surface area contributed by atoms with Crippen molar-refractivity contribution < 1.29 is 14.3 Å². The van der Waals surface area contributed by atoms with Crippen LogP contribution in [-0.2, 0) is 22.5 Å². The number of piperazine rings is 1. The molecule has 0 bridgehead atoms. The van der Waals surface area contributed by atoms with Gasteiger partial charge in [-0.25, -0.2) is 0 Å². The summed E-state index contributed by atoms with van der Waals surface area (Å²) in [4.78, 5) is 31.1. The van der Waals surface area contributed by atoms with Gasteiger partial charge in [-0.05, 0) is 44.8 Å². The van der Waals surface area contributed by atoms with E-state index in [0.717, 1.165) is 36.6 Å². The van der Waals surface area contributed by atoms with Gasteiger partial charge in [-0.2, -0.15) is 15.2 Å². The standard InChI is InChI=1S/C34H41N7O3/c1-5-31(42)41-18-17-40(19-25(41)13-15-35)32-28-14-16-39(30-12-8-10-24-9-6-7-11-27(24)30)21-29(28)36-33(37-32)43-22-26-20-38(4)34(2,3)23-44-26/h5-12,25-26H,1,13-14,16-23H2,2-4H3. The van der Waals surface area contributed by atoms with Crippen LogP contribution >= 0.6 is 0 Å². The van der Waals surface area contributed by atoms with Gasteiger partial charge in [-0.15, -0.1) is 0 Å². The molecule has 0 N–H and O–H groups in total. The lowest BCUT2D eigenvalue weighted by Crippen LogP contribution is -2.55. The molecule has 230 valence electrons. The third kappa shape index (κ3) is 5.94. The predicted octanol–water partition coefficient (Wildman–Crippen LogP) is 3.80. The molecule has 3 aromatic rings. The minimum Gasteiger partial charge on any atom is -0.461 e. The molecule has 3 aliphatic rings. The molecule has 1 aromatic heterocycles.